The van der Waals surface area contributed by atoms with Crippen molar-refractivity contribution in [3.8, 4) is 11.5 Å². The summed E-state index contributed by atoms with van der Waals surface area (Å²) in [5.74, 6) is 1.10. The van der Waals surface area contributed by atoms with Crippen LogP contribution >= 0.6 is 23.2 Å². The van der Waals surface area contributed by atoms with E-state index in [4.69, 9.17) is 32.7 Å². The average molecular weight is 345 g/mol. The molecule has 0 saturated carbocycles. The zero-order valence-electron chi connectivity index (χ0n) is 12.1. The summed E-state index contributed by atoms with van der Waals surface area (Å²) in [5, 5.41) is 20.3. The Kier molecular flexibility index (Phi) is 5.34. The second-order valence-corrected chi connectivity index (χ2v) is 5.46. The van der Waals surface area contributed by atoms with E-state index in [0.29, 0.717) is 22.6 Å². The molecule has 0 fully saturated rings. The number of nitrogens with zero attached hydrogens (tertiary/aromatic N) is 1. The van der Waals surface area contributed by atoms with Crippen LogP contribution in [0.1, 0.15) is 17.2 Å². The van der Waals surface area contributed by atoms with E-state index in [1.54, 1.807) is 25.3 Å². The number of pyridine rings is 1. The smallest absolute Gasteiger partial charge is 0.241 e. The van der Waals surface area contributed by atoms with Gasteiger partial charge in [-0.3, -0.25) is 5.21 Å². The lowest BCUT2D eigenvalue weighted by Gasteiger charge is -2.15. The van der Waals surface area contributed by atoms with Gasteiger partial charge >= 0.3 is 0 Å². The third kappa shape index (κ3) is 3.55. The minimum absolute atomic E-state index is 0.202. The Bertz CT molecular complexity index is 656. The molecule has 1 heterocycles. The zero-order chi connectivity index (χ0) is 16.3. The Hall–Kier alpha value is -1.69. The Morgan fingerprint density at radius 1 is 1.09 bits per heavy atom. The van der Waals surface area contributed by atoms with Gasteiger partial charge in [0, 0.05) is 16.7 Å². The van der Waals surface area contributed by atoms with Gasteiger partial charge in [0.05, 0.1) is 20.3 Å². The van der Waals surface area contributed by atoms with Gasteiger partial charge in [-0.25, -0.2) is 0 Å². The van der Waals surface area contributed by atoms with Crippen molar-refractivity contribution >= 4 is 23.2 Å². The van der Waals surface area contributed by atoms with Gasteiger partial charge in [0.1, 0.15) is 10.0 Å². The number of aliphatic hydroxyl groups excluding tert-OH is 1. The topological polar surface area (TPSA) is 62.8 Å². The molecular weight excluding hydrogens is 329 g/mol. The molecule has 2 rings (SSSR count). The van der Waals surface area contributed by atoms with Gasteiger partial charge < -0.3 is 14.6 Å². The molecule has 0 spiro atoms. The molecule has 0 bridgehead atoms. The molecule has 2 N–H and O–H groups in total. The highest BCUT2D eigenvalue weighted by molar-refractivity contribution is 6.35. The van der Waals surface area contributed by atoms with Crippen molar-refractivity contribution in [1.82, 2.24) is 0 Å². The molecule has 5 nitrogen and oxygen atoms in total. The van der Waals surface area contributed by atoms with Crippen LogP contribution < -0.4 is 14.2 Å². The Labute approximate surface area is 138 Å². The van der Waals surface area contributed by atoms with Crippen molar-refractivity contribution in [3.63, 3.8) is 0 Å². The molecule has 0 aliphatic rings. The molecule has 0 saturated heterocycles. The Morgan fingerprint density at radius 2 is 1.68 bits per heavy atom. The third-order valence-electron chi connectivity index (χ3n) is 3.26. The Morgan fingerprint density at radius 3 is 2.23 bits per heavy atom. The summed E-state index contributed by atoms with van der Waals surface area (Å²) in [6.07, 6.45) is 1.99. The van der Waals surface area contributed by atoms with Crippen LogP contribution in [0.25, 0.3) is 0 Å². The largest absolute Gasteiger partial charge is 0.493 e. The molecule has 2 aromatic rings. The molecule has 0 unspecified atom stereocenters. The molecule has 1 atom stereocenters. The molecule has 0 aliphatic heterocycles. The van der Waals surface area contributed by atoms with Crippen LogP contribution in [0.5, 0.6) is 11.5 Å². The Balaban J connectivity index is 2.28. The maximum Gasteiger partial charge on any atom is 0.241 e. The molecule has 1 aromatic carbocycles. The van der Waals surface area contributed by atoms with Gasteiger partial charge in [-0.05, 0) is 17.7 Å². The number of benzene rings is 1. The molecule has 0 amide bonds. The van der Waals surface area contributed by atoms with Crippen molar-refractivity contribution < 1.29 is 24.5 Å². The highest BCUT2D eigenvalue weighted by atomic mass is 35.5. The second-order valence-electron chi connectivity index (χ2n) is 4.65. The fourth-order valence-corrected chi connectivity index (χ4v) is 2.71. The van der Waals surface area contributed by atoms with Crippen LogP contribution in [0, 0.1) is 0 Å². The third-order valence-corrected chi connectivity index (χ3v) is 3.91. The lowest BCUT2D eigenvalue weighted by atomic mass is 10.0. The molecule has 0 radical (unpaired) electrons. The first-order chi connectivity index (χ1) is 10.5. The lowest BCUT2D eigenvalue weighted by Crippen LogP contribution is -2.29. The van der Waals surface area contributed by atoms with Gasteiger partial charge in [-0.2, -0.15) is 0 Å². The van der Waals surface area contributed by atoms with E-state index < -0.39 is 6.10 Å². The number of hydrogen-bond acceptors (Lipinski definition) is 4. The maximum absolute atomic E-state index is 10.4. The molecular formula is C15H16Cl2NO4+. The summed E-state index contributed by atoms with van der Waals surface area (Å²) in [4.78, 5) is 0. The van der Waals surface area contributed by atoms with Crippen LogP contribution in [0.15, 0.2) is 30.6 Å². The van der Waals surface area contributed by atoms with E-state index in [0.717, 1.165) is 4.73 Å². The van der Waals surface area contributed by atoms with Crippen molar-refractivity contribution in [2.75, 3.05) is 14.2 Å². The van der Waals surface area contributed by atoms with Crippen molar-refractivity contribution in [1.29, 1.82) is 0 Å². The highest BCUT2D eigenvalue weighted by Gasteiger charge is 2.19. The number of ether oxygens (including phenoxy) is 2. The predicted molar refractivity (Wildman–Crippen MR) is 82.1 cm³/mol. The first-order valence-electron chi connectivity index (χ1n) is 6.44. The summed E-state index contributed by atoms with van der Waals surface area (Å²) in [6, 6.07) is 5.15. The SMILES string of the molecule is COc1ccc([C@@H](O)Cc2c(Cl)c[n+](O)cc2Cl)cc1OC. The zero-order valence-corrected chi connectivity index (χ0v) is 13.6. The lowest BCUT2D eigenvalue weighted by molar-refractivity contribution is -0.904. The van der Waals surface area contributed by atoms with Crippen molar-refractivity contribution in [2.45, 2.75) is 12.5 Å². The minimum Gasteiger partial charge on any atom is -0.493 e. The van der Waals surface area contributed by atoms with Crippen LogP contribution in [0.4, 0.5) is 0 Å². The van der Waals surface area contributed by atoms with E-state index >= 15 is 0 Å². The van der Waals surface area contributed by atoms with Crippen molar-refractivity contribution in [3.05, 3.63) is 51.8 Å². The molecule has 118 valence electrons. The van der Waals surface area contributed by atoms with E-state index in [2.05, 4.69) is 0 Å². The average Bonchev–Trinajstić information content (AvgIpc) is 2.49. The standard InChI is InChI=1S/C15H16Cl2NO4/c1-21-14-4-3-9(5-15(14)22-2)13(19)6-10-11(16)7-18(20)8-12(10)17/h3-5,7-8,13,19-20H,6H2,1-2H3/q+1/t13-/m0/s1. The van der Waals surface area contributed by atoms with Gasteiger partial charge in [-0.1, -0.05) is 29.3 Å². The van der Waals surface area contributed by atoms with Gasteiger partial charge in [0.2, 0.25) is 12.4 Å². The monoisotopic (exact) mass is 344 g/mol. The normalized spacial score (nSPS) is 12.0. The number of methoxy groups -OCH3 is 2. The maximum atomic E-state index is 10.4. The first kappa shape index (κ1) is 16.7. The van der Waals surface area contributed by atoms with Crippen LogP contribution in [-0.2, 0) is 6.42 Å². The van der Waals surface area contributed by atoms with Gasteiger partial charge in [-0.15, -0.1) is 0 Å². The summed E-state index contributed by atoms with van der Waals surface area (Å²) in [5.41, 5.74) is 1.20. The quantitative estimate of drug-likeness (QED) is 0.646. The second kappa shape index (κ2) is 7.05. The van der Waals surface area contributed by atoms with Gasteiger partial charge in [0.15, 0.2) is 11.5 Å². The fourth-order valence-electron chi connectivity index (χ4n) is 2.11. The number of aromatic nitrogens is 1. The van der Waals surface area contributed by atoms with E-state index in [9.17, 15) is 10.3 Å². The number of rotatable bonds is 5. The summed E-state index contributed by atoms with van der Waals surface area (Å²) >= 11 is 12.1. The molecule has 22 heavy (non-hydrogen) atoms. The molecule has 7 heteroatoms. The summed E-state index contributed by atoms with van der Waals surface area (Å²) in [7, 11) is 3.07. The van der Waals surface area contributed by atoms with Crippen LogP contribution in [0.2, 0.25) is 10.0 Å². The molecule has 0 aliphatic carbocycles. The van der Waals surface area contributed by atoms with Gasteiger partial charge in [0.25, 0.3) is 0 Å². The van der Waals surface area contributed by atoms with Crippen LogP contribution in [0.3, 0.4) is 0 Å². The molecule has 1 aromatic heterocycles. The van der Waals surface area contributed by atoms with Crippen LogP contribution in [-0.4, -0.2) is 24.5 Å². The highest BCUT2D eigenvalue weighted by Crippen LogP contribution is 2.33. The van der Waals surface area contributed by atoms with E-state index in [1.165, 1.54) is 19.5 Å². The van der Waals surface area contributed by atoms with Crippen molar-refractivity contribution in [2.24, 2.45) is 0 Å². The minimum atomic E-state index is -0.829. The number of halogens is 2. The number of hydrogen-bond donors (Lipinski definition) is 2. The predicted octanol–water partition coefficient (Wildman–Crippen LogP) is 2.81. The summed E-state index contributed by atoms with van der Waals surface area (Å²) in [6.45, 7) is 0. The number of aliphatic hydroxyl groups is 1. The van der Waals surface area contributed by atoms with E-state index in [-0.39, 0.29) is 16.5 Å². The summed E-state index contributed by atoms with van der Waals surface area (Å²) < 4.78 is 11.2. The van der Waals surface area contributed by atoms with E-state index in [1.807, 2.05) is 0 Å². The first-order valence-corrected chi connectivity index (χ1v) is 7.20. The fraction of sp³-hybridized carbons (Fsp3) is 0.267.